The highest BCUT2D eigenvalue weighted by atomic mass is 16.1. The summed E-state index contributed by atoms with van der Waals surface area (Å²) in [5.41, 5.74) is 6.04. The number of nitrogens with two attached hydrogens (primary N) is 1. The van der Waals surface area contributed by atoms with E-state index in [1.165, 1.54) is 0 Å². The van der Waals surface area contributed by atoms with Crippen LogP contribution in [0.15, 0.2) is 0 Å². The molecular weight excluding hydrogens is 200 g/mol. The van der Waals surface area contributed by atoms with Gasteiger partial charge in [-0.3, -0.25) is 4.79 Å². The normalized spacial score (nSPS) is 30.4. The molecule has 0 bridgehead atoms. The van der Waals surface area contributed by atoms with E-state index in [0.29, 0.717) is 11.8 Å². The van der Waals surface area contributed by atoms with Gasteiger partial charge in [0.25, 0.3) is 0 Å². The maximum Gasteiger partial charge on any atom is 0.224 e. The summed E-state index contributed by atoms with van der Waals surface area (Å²) < 4.78 is 0. The van der Waals surface area contributed by atoms with Crippen LogP contribution in [0.2, 0.25) is 0 Å². The predicted octanol–water partition coefficient (Wildman–Crippen LogP) is 1.91. The predicted molar refractivity (Wildman–Crippen MR) is 66.9 cm³/mol. The molecule has 1 aliphatic carbocycles. The smallest absolute Gasteiger partial charge is 0.224 e. The van der Waals surface area contributed by atoms with Crippen molar-refractivity contribution in [2.75, 3.05) is 6.54 Å². The van der Waals surface area contributed by atoms with Crippen molar-refractivity contribution in [3.05, 3.63) is 0 Å². The van der Waals surface area contributed by atoms with Gasteiger partial charge in [-0.15, -0.1) is 0 Å². The summed E-state index contributed by atoms with van der Waals surface area (Å²) in [4.78, 5) is 12.0. The summed E-state index contributed by atoms with van der Waals surface area (Å²) in [6, 6.07) is 0.0581. The molecule has 3 atom stereocenters. The van der Waals surface area contributed by atoms with Gasteiger partial charge in [0, 0.05) is 12.6 Å². The molecule has 0 aromatic rings. The summed E-state index contributed by atoms with van der Waals surface area (Å²) in [7, 11) is 0. The molecule has 3 unspecified atom stereocenters. The highest BCUT2D eigenvalue weighted by molar-refractivity contribution is 5.79. The third-order valence-electron chi connectivity index (χ3n) is 3.59. The average Bonchev–Trinajstić information content (AvgIpc) is 2.16. The molecule has 0 aromatic carbocycles. The standard InChI is InChI=1S/C13H26N2O/c1-9(2)7-8-15-13(16)12-10(3)5-4-6-11(12)14/h9-12H,4-8,14H2,1-3H3,(H,15,16). The molecule has 0 aliphatic heterocycles. The second kappa shape index (κ2) is 6.24. The molecule has 0 spiro atoms. The van der Waals surface area contributed by atoms with Crippen molar-refractivity contribution in [1.82, 2.24) is 5.32 Å². The fourth-order valence-corrected chi connectivity index (χ4v) is 2.51. The Morgan fingerprint density at radius 3 is 2.69 bits per heavy atom. The molecule has 16 heavy (non-hydrogen) atoms. The van der Waals surface area contributed by atoms with Gasteiger partial charge in [-0.1, -0.05) is 27.2 Å². The Morgan fingerprint density at radius 1 is 1.44 bits per heavy atom. The molecule has 0 heterocycles. The van der Waals surface area contributed by atoms with Crippen molar-refractivity contribution in [3.63, 3.8) is 0 Å². The molecule has 1 rings (SSSR count). The Hall–Kier alpha value is -0.570. The largest absolute Gasteiger partial charge is 0.356 e. The van der Waals surface area contributed by atoms with Gasteiger partial charge >= 0.3 is 0 Å². The van der Waals surface area contributed by atoms with Crippen molar-refractivity contribution in [2.45, 2.75) is 52.5 Å². The van der Waals surface area contributed by atoms with Crippen molar-refractivity contribution in [2.24, 2.45) is 23.5 Å². The van der Waals surface area contributed by atoms with Crippen molar-refractivity contribution < 1.29 is 4.79 Å². The van der Waals surface area contributed by atoms with E-state index >= 15 is 0 Å². The van der Waals surface area contributed by atoms with Gasteiger partial charge in [0.1, 0.15) is 0 Å². The van der Waals surface area contributed by atoms with Crippen molar-refractivity contribution >= 4 is 5.91 Å². The lowest BCUT2D eigenvalue weighted by atomic mass is 9.76. The fourth-order valence-electron chi connectivity index (χ4n) is 2.51. The van der Waals surface area contributed by atoms with E-state index < -0.39 is 0 Å². The highest BCUT2D eigenvalue weighted by Crippen LogP contribution is 2.28. The van der Waals surface area contributed by atoms with Crippen LogP contribution in [0.3, 0.4) is 0 Å². The molecular formula is C13H26N2O. The SMILES string of the molecule is CC(C)CCNC(=O)C1C(C)CCCC1N. The first kappa shape index (κ1) is 13.5. The lowest BCUT2D eigenvalue weighted by molar-refractivity contribution is -0.128. The first-order valence-electron chi connectivity index (χ1n) is 6.55. The van der Waals surface area contributed by atoms with E-state index in [1.54, 1.807) is 0 Å². The summed E-state index contributed by atoms with van der Waals surface area (Å²) in [5, 5.41) is 3.03. The van der Waals surface area contributed by atoms with Crippen LogP contribution in [0.1, 0.15) is 46.5 Å². The minimum Gasteiger partial charge on any atom is -0.356 e. The summed E-state index contributed by atoms with van der Waals surface area (Å²) >= 11 is 0. The quantitative estimate of drug-likeness (QED) is 0.769. The zero-order valence-corrected chi connectivity index (χ0v) is 10.8. The Balaban J connectivity index is 2.39. The third kappa shape index (κ3) is 3.78. The fraction of sp³-hybridized carbons (Fsp3) is 0.923. The number of rotatable bonds is 4. The molecule has 3 heteroatoms. The maximum atomic E-state index is 12.0. The van der Waals surface area contributed by atoms with Gasteiger partial charge in [-0.05, 0) is 31.1 Å². The Morgan fingerprint density at radius 2 is 2.12 bits per heavy atom. The molecule has 0 aromatic heterocycles. The third-order valence-corrected chi connectivity index (χ3v) is 3.59. The second-order valence-corrected chi connectivity index (χ2v) is 5.57. The molecule has 1 fully saturated rings. The van der Waals surface area contributed by atoms with E-state index in [-0.39, 0.29) is 17.9 Å². The molecule has 1 aliphatic rings. The van der Waals surface area contributed by atoms with Gasteiger partial charge in [0.05, 0.1) is 5.92 Å². The molecule has 3 nitrogen and oxygen atoms in total. The van der Waals surface area contributed by atoms with Crippen LogP contribution in [0, 0.1) is 17.8 Å². The molecule has 1 saturated carbocycles. The Labute approximate surface area is 99.2 Å². The minimum absolute atomic E-state index is 0.0286. The Bertz CT molecular complexity index is 218. The number of carbonyl (C=O) groups excluding carboxylic acids is 1. The molecule has 1 amide bonds. The van der Waals surface area contributed by atoms with Crippen LogP contribution in [0.4, 0.5) is 0 Å². The number of carbonyl (C=O) groups is 1. The van der Waals surface area contributed by atoms with Gasteiger partial charge in [0.15, 0.2) is 0 Å². The van der Waals surface area contributed by atoms with Gasteiger partial charge < -0.3 is 11.1 Å². The first-order valence-corrected chi connectivity index (χ1v) is 6.55. The lowest BCUT2D eigenvalue weighted by Gasteiger charge is -2.33. The Kier molecular flexibility index (Phi) is 5.26. The highest BCUT2D eigenvalue weighted by Gasteiger charge is 2.33. The maximum absolute atomic E-state index is 12.0. The van der Waals surface area contributed by atoms with Gasteiger partial charge in [-0.25, -0.2) is 0 Å². The van der Waals surface area contributed by atoms with Crippen molar-refractivity contribution in [3.8, 4) is 0 Å². The number of amides is 1. The van der Waals surface area contributed by atoms with E-state index in [2.05, 4.69) is 26.1 Å². The van der Waals surface area contributed by atoms with Crippen LogP contribution in [-0.2, 0) is 4.79 Å². The number of nitrogens with one attached hydrogen (secondary N) is 1. The minimum atomic E-state index is 0.0286. The first-order chi connectivity index (χ1) is 7.52. The van der Waals surface area contributed by atoms with E-state index in [0.717, 1.165) is 32.2 Å². The topological polar surface area (TPSA) is 55.1 Å². The van der Waals surface area contributed by atoms with Gasteiger partial charge in [-0.2, -0.15) is 0 Å². The molecule has 94 valence electrons. The zero-order chi connectivity index (χ0) is 12.1. The molecule has 0 radical (unpaired) electrons. The van der Waals surface area contributed by atoms with Crippen LogP contribution in [-0.4, -0.2) is 18.5 Å². The second-order valence-electron chi connectivity index (χ2n) is 5.57. The van der Waals surface area contributed by atoms with Crippen molar-refractivity contribution in [1.29, 1.82) is 0 Å². The average molecular weight is 226 g/mol. The van der Waals surface area contributed by atoms with Gasteiger partial charge in [0.2, 0.25) is 5.91 Å². The van der Waals surface area contributed by atoms with Crippen LogP contribution in [0.5, 0.6) is 0 Å². The van der Waals surface area contributed by atoms with E-state index in [9.17, 15) is 4.79 Å². The number of hydrogen-bond donors (Lipinski definition) is 2. The van der Waals surface area contributed by atoms with Crippen LogP contribution >= 0.6 is 0 Å². The molecule has 3 N–H and O–H groups in total. The summed E-state index contributed by atoms with van der Waals surface area (Å²) in [5.74, 6) is 1.27. The lowest BCUT2D eigenvalue weighted by Crippen LogP contribution is -2.47. The van der Waals surface area contributed by atoms with Crippen LogP contribution in [0.25, 0.3) is 0 Å². The van der Waals surface area contributed by atoms with Crippen LogP contribution < -0.4 is 11.1 Å². The van der Waals surface area contributed by atoms with E-state index in [4.69, 9.17) is 5.73 Å². The zero-order valence-electron chi connectivity index (χ0n) is 10.8. The molecule has 0 saturated heterocycles. The van der Waals surface area contributed by atoms with E-state index in [1.807, 2.05) is 0 Å². The summed E-state index contributed by atoms with van der Waals surface area (Å²) in [6.07, 6.45) is 4.34. The number of hydrogen-bond acceptors (Lipinski definition) is 2. The monoisotopic (exact) mass is 226 g/mol. The summed E-state index contributed by atoms with van der Waals surface area (Å²) in [6.45, 7) is 7.26.